The molecule has 0 aromatic heterocycles. The molecule has 1 N–H and O–H groups in total. The van der Waals surface area contributed by atoms with Gasteiger partial charge in [-0.2, -0.15) is 39.5 Å². The molecule has 0 saturated carbocycles. The van der Waals surface area contributed by atoms with Crippen LogP contribution in [0.5, 0.6) is 0 Å². The summed E-state index contributed by atoms with van der Waals surface area (Å²) in [6.45, 7) is -1.43. The van der Waals surface area contributed by atoms with Crippen LogP contribution in [0, 0.1) is 0 Å². The van der Waals surface area contributed by atoms with E-state index in [1.54, 1.807) is 0 Å². The Balaban J connectivity index is 3.30. The number of esters is 1. The van der Waals surface area contributed by atoms with E-state index in [9.17, 15) is 49.4 Å². The summed E-state index contributed by atoms with van der Waals surface area (Å²) in [4.78, 5) is 11.8. The number of carbonyl (C=O) groups is 1. The van der Waals surface area contributed by atoms with Crippen LogP contribution in [0.25, 0.3) is 0 Å². The molecule has 0 unspecified atom stereocenters. The monoisotopic (exact) mass is 427 g/mol. The Morgan fingerprint density at radius 1 is 0.964 bits per heavy atom. The molecule has 0 aliphatic rings. The van der Waals surface area contributed by atoms with E-state index in [2.05, 4.69) is 4.74 Å². The summed E-state index contributed by atoms with van der Waals surface area (Å²) in [5.74, 6) is -1.09. The summed E-state index contributed by atoms with van der Waals surface area (Å²) in [5.41, 5.74) is -7.35. The van der Waals surface area contributed by atoms with Crippen molar-refractivity contribution >= 4 is 11.7 Å². The third-order valence-electron chi connectivity index (χ3n) is 3.47. The van der Waals surface area contributed by atoms with Crippen molar-refractivity contribution in [1.82, 2.24) is 0 Å². The number of hydrogen-bond acceptors (Lipinski definition) is 4. The molecule has 0 bridgehead atoms. The number of carbonyl (C=O) groups excluding carboxylic acids is 1. The highest BCUT2D eigenvalue weighted by atomic mass is 19.4. The maximum Gasteiger partial charge on any atom is 0.430 e. The molecule has 0 aliphatic heterocycles. The smallest absolute Gasteiger partial charge is 0.430 e. The lowest BCUT2D eigenvalue weighted by atomic mass is 9.92. The van der Waals surface area contributed by atoms with Gasteiger partial charge in [0, 0.05) is 11.3 Å². The fraction of sp³-hybridized carbons (Fsp3) is 0.533. The van der Waals surface area contributed by atoms with Crippen molar-refractivity contribution in [1.29, 1.82) is 0 Å². The topological polar surface area (TPSA) is 49.8 Å². The van der Waals surface area contributed by atoms with Crippen molar-refractivity contribution in [2.24, 2.45) is 0 Å². The molecular weight excluding hydrogens is 413 g/mol. The summed E-state index contributed by atoms with van der Waals surface area (Å²) in [6, 6.07) is 1.38. The molecule has 0 fully saturated rings. The van der Waals surface area contributed by atoms with Crippen molar-refractivity contribution in [3.05, 3.63) is 29.8 Å². The van der Waals surface area contributed by atoms with Gasteiger partial charge in [0.1, 0.15) is 13.1 Å². The average Bonchev–Trinajstić information content (AvgIpc) is 2.50. The molecule has 1 rings (SSSR count). The summed E-state index contributed by atoms with van der Waals surface area (Å²) < 4.78 is 120. The highest BCUT2D eigenvalue weighted by molar-refractivity contribution is 5.76. The molecule has 13 heteroatoms. The molecule has 0 atom stereocenters. The van der Waals surface area contributed by atoms with Gasteiger partial charge in [-0.1, -0.05) is 12.1 Å². The fourth-order valence-electron chi connectivity index (χ4n) is 2.22. The highest BCUT2D eigenvalue weighted by Crippen LogP contribution is 2.50. The van der Waals surface area contributed by atoms with E-state index in [0.717, 1.165) is 0 Å². The second kappa shape index (κ2) is 8.05. The van der Waals surface area contributed by atoms with Crippen LogP contribution in [0.2, 0.25) is 0 Å². The van der Waals surface area contributed by atoms with E-state index in [4.69, 9.17) is 0 Å². The van der Waals surface area contributed by atoms with Crippen LogP contribution in [-0.2, 0) is 15.1 Å². The van der Waals surface area contributed by atoms with Gasteiger partial charge in [-0.25, -0.2) is 0 Å². The van der Waals surface area contributed by atoms with E-state index in [-0.39, 0.29) is 18.7 Å². The number of ether oxygens (including phenoxy) is 1. The van der Waals surface area contributed by atoms with E-state index in [1.165, 1.54) is 6.92 Å². The summed E-state index contributed by atoms with van der Waals surface area (Å²) in [6.07, 6.45) is -17.1. The van der Waals surface area contributed by atoms with E-state index in [0.29, 0.717) is 17.0 Å². The fourth-order valence-corrected chi connectivity index (χ4v) is 2.22. The lowest BCUT2D eigenvalue weighted by Gasteiger charge is -2.33. The van der Waals surface area contributed by atoms with Gasteiger partial charge >= 0.3 is 24.5 Å². The highest BCUT2D eigenvalue weighted by Gasteiger charge is 2.71. The van der Waals surface area contributed by atoms with Crippen molar-refractivity contribution in [3.63, 3.8) is 0 Å². The van der Waals surface area contributed by atoms with Crippen LogP contribution in [0.1, 0.15) is 12.5 Å². The van der Waals surface area contributed by atoms with Gasteiger partial charge in [-0.05, 0) is 19.1 Å². The number of alkyl halides is 9. The molecule has 0 saturated heterocycles. The molecule has 0 aliphatic carbocycles. The minimum atomic E-state index is -6.14. The average molecular weight is 427 g/mol. The largest absolute Gasteiger partial charge is 0.465 e. The van der Waals surface area contributed by atoms with Crippen LogP contribution < -0.4 is 4.90 Å². The van der Waals surface area contributed by atoms with E-state index >= 15 is 0 Å². The number of rotatable bonds is 6. The van der Waals surface area contributed by atoms with Gasteiger partial charge in [-0.15, -0.1) is 0 Å². The van der Waals surface area contributed by atoms with Gasteiger partial charge in [0.2, 0.25) is 0 Å². The molecule has 0 heterocycles. The zero-order valence-corrected chi connectivity index (χ0v) is 14.0. The SMILES string of the molecule is CCOC(=O)CN(CC(F)(F)F)c1ccc(C(O)(C(F)(F)F)C(F)(F)F)cc1. The summed E-state index contributed by atoms with van der Waals surface area (Å²) in [7, 11) is 0. The van der Waals surface area contributed by atoms with Gasteiger partial charge in [0.15, 0.2) is 0 Å². The van der Waals surface area contributed by atoms with Crippen LogP contribution in [0.4, 0.5) is 45.2 Å². The molecule has 1 aromatic carbocycles. The second-order valence-electron chi connectivity index (χ2n) is 5.53. The first kappa shape index (κ1) is 23.9. The lowest BCUT2D eigenvalue weighted by Crippen LogP contribution is -2.53. The van der Waals surface area contributed by atoms with Crippen LogP contribution >= 0.6 is 0 Å². The Morgan fingerprint density at radius 2 is 1.43 bits per heavy atom. The number of anilines is 1. The number of halogens is 9. The Kier molecular flexibility index (Phi) is 6.86. The first-order valence-corrected chi connectivity index (χ1v) is 7.46. The van der Waals surface area contributed by atoms with Gasteiger partial charge < -0.3 is 14.7 Å². The minimum absolute atomic E-state index is 0.151. The van der Waals surface area contributed by atoms with Crippen molar-refractivity contribution < 1.29 is 54.2 Å². The molecule has 28 heavy (non-hydrogen) atoms. The predicted molar refractivity (Wildman–Crippen MR) is 77.3 cm³/mol. The number of nitrogens with zero attached hydrogens (tertiary/aromatic N) is 1. The summed E-state index contributed by atoms with van der Waals surface area (Å²) in [5, 5.41) is 9.27. The van der Waals surface area contributed by atoms with Crippen molar-refractivity contribution in [3.8, 4) is 0 Å². The third kappa shape index (κ3) is 5.42. The van der Waals surface area contributed by atoms with Gasteiger partial charge in [0.25, 0.3) is 5.60 Å². The normalized spacial score (nSPS) is 13.4. The van der Waals surface area contributed by atoms with Crippen molar-refractivity contribution in [2.75, 3.05) is 24.6 Å². The first-order chi connectivity index (χ1) is 12.5. The van der Waals surface area contributed by atoms with Gasteiger partial charge in [-0.3, -0.25) is 4.79 Å². The molecule has 1 aromatic rings. The number of benzene rings is 1. The molecule has 4 nitrogen and oxygen atoms in total. The molecule has 0 amide bonds. The van der Waals surface area contributed by atoms with Crippen LogP contribution in [0.3, 0.4) is 0 Å². The maximum absolute atomic E-state index is 12.8. The predicted octanol–water partition coefficient (Wildman–Crippen LogP) is 3.93. The molecular formula is C15H14F9NO3. The Bertz CT molecular complexity index is 651. The van der Waals surface area contributed by atoms with Crippen LogP contribution in [-0.4, -0.2) is 49.3 Å². The standard InChI is InChI=1S/C15H14F9NO3/c1-2-28-11(26)7-25(8-12(16,17)18)10-5-3-9(4-6-10)13(27,14(19,20)21)15(22,23)24/h3-6,27H,2,7-8H2,1H3. The second-order valence-corrected chi connectivity index (χ2v) is 5.53. The Morgan fingerprint density at radius 3 is 1.79 bits per heavy atom. The van der Waals surface area contributed by atoms with E-state index < -0.39 is 54.4 Å². The lowest BCUT2D eigenvalue weighted by molar-refractivity contribution is -0.376. The maximum atomic E-state index is 12.8. The quantitative estimate of drug-likeness (QED) is 0.552. The minimum Gasteiger partial charge on any atom is -0.465 e. The van der Waals surface area contributed by atoms with Crippen molar-refractivity contribution in [2.45, 2.75) is 31.1 Å². The third-order valence-corrected chi connectivity index (χ3v) is 3.47. The number of aliphatic hydroxyl groups is 1. The zero-order chi connectivity index (χ0) is 22.0. The Hall–Kier alpha value is -2.18. The number of hydrogen-bond donors (Lipinski definition) is 1. The zero-order valence-electron chi connectivity index (χ0n) is 14.0. The van der Waals surface area contributed by atoms with Crippen LogP contribution in [0.15, 0.2) is 24.3 Å². The van der Waals surface area contributed by atoms with E-state index in [1.807, 2.05) is 0 Å². The summed E-state index contributed by atoms with van der Waals surface area (Å²) >= 11 is 0. The molecule has 160 valence electrons. The Labute approximate surface area is 152 Å². The molecule has 0 spiro atoms. The first-order valence-electron chi connectivity index (χ1n) is 7.46. The molecule has 0 radical (unpaired) electrons. The van der Waals surface area contributed by atoms with Gasteiger partial charge in [0.05, 0.1) is 6.61 Å².